The van der Waals surface area contributed by atoms with Crippen LogP contribution in [0.4, 0.5) is 15.6 Å². The van der Waals surface area contributed by atoms with Crippen LogP contribution in [0.15, 0.2) is 29.6 Å². The van der Waals surface area contributed by atoms with Gasteiger partial charge < -0.3 is 10.6 Å². The second kappa shape index (κ2) is 7.04. The Morgan fingerprint density at radius 2 is 1.82 bits per heavy atom. The molecule has 0 spiro atoms. The first-order valence-corrected chi connectivity index (χ1v) is 7.73. The van der Waals surface area contributed by atoms with Crippen molar-refractivity contribution in [3.63, 3.8) is 0 Å². The number of amides is 3. The number of nitrogens with one attached hydrogen (secondary N) is 3. The minimum absolute atomic E-state index is 0.0374. The lowest BCUT2D eigenvalue weighted by Gasteiger charge is -2.06. The highest BCUT2D eigenvalue weighted by molar-refractivity contribution is 7.14. The second-order valence-electron chi connectivity index (χ2n) is 5.11. The Morgan fingerprint density at radius 3 is 2.45 bits per heavy atom. The van der Waals surface area contributed by atoms with E-state index in [1.165, 1.54) is 11.3 Å². The molecule has 1 aromatic heterocycles. The van der Waals surface area contributed by atoms with Gasteiger partial charge in [0.05, 0.1) is 0 Å². The van der Waals surface area contributed by atoms with Crippen LogP contribution in [0.5, 0.6) is 0 Å². The lowest BCUT2D eigenvalue weighted by atomic mass is 10.2. The van der Waals surface area contributed by atoms with Gasteiger partial charge in [-0.2, -0.15) is 0 Å². The molecule has 7 heteroatoms. The molecule has 0 saturated carbocycles. The van der Waals surface area contributed by atoms with Crippen molar-refractivity contribution in [2.24, 2.45) is 0 Å². The van der Waals surface area contributed by atoms with Crippen LogP contribution in [0.3, 0.4) is 0 Å². The van der Waals surface area contributed by atoms with E-state index in [4.69, 9.17) is 0 Å². The van der Waals surface area contributed by atoms with E-state index in [1.54, 1.807) is 5.38 Å². The van der Waals surface area contributed by atoms with Gasteiger partial charge in [0.1, 0.15) is 5.69 Å². The molecular formula is C15H18N4O2S. The maximum absolute atomic E-state index is 11.9. The van der Waals surface area contributed by atoms with Crippen LogP contribution in [0, 0.1) is 6.92 Å². The van der Waals surface area contributed by atoms with E-state index in [9.17, 15) is 9.59 Å². The number of benzene rings is 1. The van der Waals surface area contributed by atoms with E-state index < -0.39 is 6.03 Å². The molecular weight excluding hydrogens is 300 g/mol. The third kappa shape index (κ3) is 4.56. The van der Waals surface area contributed by atoms with Gasteiger partial charge in [0.25, 0.3) is 5.91 Å². The maximum Gasteiger partial charge on any atom is 0.325 e. The third-order valence-corrected chi connectivity index (χ3v) is 3.44. The number of carbonyl (C=O) groups is 2. The summed E-state index contributed by atoms with van der Waals surface area (Å²) < 4.78 is 0. The summed E-state index contributed by atoms with van der Waals surface area (Å²) in [5.41, 5.74) is 2.11. The maximum atomic E-state index is 11.9. The van der Waals surface area contributed by atoms with Crippen molar-refractivity contribution in [3.05, 3.63) is 40.9 Å². The minimum atomic E-state index is -0.394. The zero-order chi connectivity index (χ0) is 16.1. The molecule has 0 fully saturated rings. The van der Waals surface area contributed by atoms with Gasteiger partial charge in [-0.05, 0) is 32.9 Å². The molecule has 0 aliphatic carbocycles. The second-order valence-corrected chi connectivity index (χ2v) is 5.97. The Hall–Kier alpha value is -2.41. The van der Waals surface area contributed by atoms with Crippen LogP contribution < -0.4 is 16.0 Å². The average molecular weight is 318 g/mol. The average Bonchev–Trinajstić information content (AvgIpc) is 2.89. The predicted molar refractivity (Wildman–Crippen MR) is 88.5 cm³/mol. The molecule has 0 radical (unpaired) electrons. The van der Waals surface area contributed by atoms with Gasteiger partial charge in [-0.3, -0.25) is 10.1 Å². The molecule has 3 amide bonds. The zero-order valence-corrected chi connectivity index (χ0v) is 13.5. The Balaban J connectivity index is 1.93. The van der Waals surface area contributed by atoms with Crippen LogP contribution in [0.2, 0.25) is 0 Å². The molecule has 0 saturated heterocycles. The zero-order valence-electron chi connectivity index (χ0n) is 12.6. The Kier molecular flexibility index (Phi) is 5.11. The van der Waals surface area contributed by atoms with Crippen molar-refractivity contribution in [2.75, 3.05) is 10.6 Å². The standard InChI is InChI=1S/C15H18N4O2S/c1-9(2)16-13(20)12-8-22-15(18-12)19-14(21)17-11-6-4-10(3)5-7-11/h4-9H,1-3H3,(H,16,20)(H2,17,18,19,21). The first kappa shape index (κ1) is 16.0. The molecule has 3 N–H and O–H groups in total. The van der Waals surface area contributed by atoms with Crippen molar-refractivity contribution in [3.8, 4) is 0 Å². The predicted octanol–water partition coefficient (Wildman–Crippen LogP) is 3.23. The summed E-state index contributed by atoms with van der Waals surface area (Å²) in [6.07, 6.45) is 0. The number of anilines is 2. The van der Waals surface area contributed by atoms with Gasteiger partial charge in [-0.1, -0.05) is 17.7 Å². The first-order valence-electron chi connectivity index (χ1n) is 6.85. The van der Waals surface area contributed by atoms with E-state index in [-0.39, 0.29) is 11.9 Å². The highest BCUT2D eigenvalue weighted by Gasteiger charge is 2.13. The van der Waals surface area contributed by atoms with Gasteiger partial charge in [0.15, 0.2) is 5.13 Å². The molecule has 0 aliphatic heterocycles. The van der Waals surface area contributed by atoms with Crippen molar-refractivity contribution in [1.29, 1.82) is 0 Å². The summed E-state index contributed by atoms with van der Waals surface area (Å²) in [5.74, 6) is -0.252. The lowest BCUT2D eigenvalue weighted by Crippen LogP contribution is -2.30. The third-order valence-electron chi connectivity index (χ3n) is 2.69. The van der Waals surface area contributed by atoms with Crippen molar-refractivity contribution in [1.82, 2.24) is 10.3 Å². The summed E-state index contributed by atoms with van der Waals surface area (Å²) in [4.78, 5) is 27.7. The molecule has 2 aromatic rings. The molecule has 0 aliphatic rings. The molecule has 22 heavy (non-hydrogen) atoms. The smallest absolute Gasteiger partial charge is 0.325 e. The number of urea groups is 1. The van der Waals surface area contributed by atoms with E-state index >= 15 is 0 Å². The van der Waals surface area contributed by atoms with E-state index in [0.29, 0.717) is 16.5 Å². The van der Waals surface area contributed by atoms with Crippen molar-refractivity contribution in [2.45, 2.75) is 26.8 Å². The highest BCUT2D eigenvalue weighted by Crippen LogP contribution is 2.16. The van der Waals surface area contributed by atoms with E-state index in [1.807, 2.05) is 45.0 Å². The lowest BCUT2D eigenvalue weighted by molar-refractivity contribution is 0.0939. The molecule has 1 heterocycles. The number of nitrogens with zero attached hydrogens (tertiary/aromatic N) is 1. The number of aromatic nitrogens is 1. The van der Waals surface area contributed by atoms with Gasteiger partial charge in [0, 0.05) is 17.1 Å². The molecule has 6 nitrogen and oxygen atoms in total. The SMILES string of the molecule is Cc1ccc(NC(=O)Nc2nc(C(=O)NC(C)C)cs2)cc1. The van der Waals surface area contributed by atoms with Crippen LogP contribution in [0.1, 0.15) is 29.9 Å². The quantitative estimate of drug-likeness (QED) is 0.809. The topological polar surface area (TPSA) is 83.1 Å². The largest absolute Gasteiger partial charge is 0.349 e. The summed E-state index contributed by atoms with van der Waals surface area (Å²) >= 11 is 1.20. The fraction of sp³-hybridized carbons (Fsp3) is 0.267. The Labute approximate surface area is 133 Å². The first-order chi connectivity index (χ1) is 10.4. The van der Waals surface area contributed by atoms with Crippen LogP contribution in [-0.2, 0) is 0 Å². The summed E-state index contributed by atoms with van der Waals surface area (Å²) in [5, 5.41) is 10.0. The Morgan fingerprint density at radius 1 is 1.14 bits per heavy atom. The molecule has 1 aromatic carbocycles. The van der Waals surface area contributed by atoms with Gasteiger partial charge in [0.2, 0.25) is 0 Å². The van der Waals surface area contributed by atoms with Gasteiger partial charge in [-0.25, -0.2) is 9.78 Å². The number of aryl methyl sites for hydroxylation is 1. The fourth-order valence-corrected chi connectivity index (χ4v) is 2.35. The van der Waals surface area contributed by atoms with Crippen LogP contribution in [-0.4, -0.2) is 23.0 Å². The fourth-order valence-electron chi connectivity index (χ4n) is 1.67. The molecule has 116 valence electrons. The molecule has 0 atom stereocenters. The summed E-state index contributed by atoms with van der Waals surface area (Å²) in [6, 6.07) is 7.10. The van der Waals surface area contributed by atoms with E-state index in [2.05, 4.69) is 20.9 Å². The number of rotatable bonds is 4. The van der Waals surface area contributed by atoms with Crippen molar-refractivity contribution < 1.29 is 9.59 Å². The Bertz CT molecular complexity index is 664. The van der Waals surface area contributed by atoms with E-state index in [0.717, 1.165) is 5.56 Å². The van der Waals surface area contributed by atoms with Crippen LogP contribution in [0.25, 0.3) is 0 Å². The normalized spacial score (nSPS) is 10.4. The number of hydrogen-bond acceptors (Lipinski definition) is 4. The monoisotopic (exact) mass is 318 g/mol. The number of thiazole rings is 1. The number of carbonyl (C=O) groups excluding carboxylic acids is 2. The number of hydrogen-bond donors (Lipinski definition) is 3. The van der Waals surface area contributed by atoms with Crippen molar-refractivity contribution >= 4 is 34.1 Å². The minimum Gasteiger partial charge on any atom is -0.349 e. The summed E-state index contributed by atoms with van der Waals surface area (Å²) in [7, 11) is 0. The molecule has 0 bridgehead atoms. The molecule has 2 rings (SSSR count). The van der Waals surface area contributed by atoms with Gasteiger partial charge >= 0.3 is 6.03 Å². The molecule has 0 unspecified atom stereocenters. The summed E-state index contributed by atoms with van der Waals surface area (Å²) in [6.45, 7) is 5.72. The van der Waals surface area contributed by atoms with Crippen LogP contribution >= 0.6 is 11.3 Å². The van der Waals surface area contributed by atoms with Gasteiger partial charge in [-0.15, -0.1) is 11.3 Å². The highest BCUT2D eigenvalue weighted by atomic mass is 32.1.